The van der Waals surface area contributed by atoms with Gasteiger partial charge in [0.1, 0.15) is 5.82 Å². The molecule has 0 spiro atoms. The van der Waals surface area contributed by atoms with Crippen LogP contribution >= 0.6 is 15.9 Å². The Kier molecular flexibility index (Phi) is 5.91. The van der Waals surface area contributed by atoms with Gasteiger partial charge in [-0.1, -0.05) is 0 Å². The molecule has 1 rings (SSSR count). The largest absolute Gasteiger partial charge is 0.369 e. The molecule has 0 atom stereocenters. The van der Waals surface area contributed by atoms with Gasteiger partial charge >= 0.3 is 0 Å². The predicted molar refractivity (Wildman–Crippen MR) is 76.5 cm³/mol. The molecule has 0 saturated carbocycles. The Hall–Kier alpha value is -1.47. The molecule has 1 aromatic heterocycles. The van der Waals surface area contributed by atoms with E-state index in [-0.39, 0.29) is 25.0 Å². The SMILES string of the molecule is CC(C)N(CC(N)=O)CC(=O)Nc1ccc(Br)cn1. The second-order valence-electron chi connectivity index (χ2n) is 4.37. The van der Waals surface area contributed by atoms with Crippen molar-refractivity contribution in [3.05, 3.63) is 22.8 Å². The van der Waals surface area contributed by atoms with Crippen LogP contribution in [0.5, 0.6) is 0 Å². The Morgan fingerprint density at radius 1 is 1.42 bits per heavy atom. The van der Waals surface area contributed by atoms with E-state index >= 15 is 0 Å². The number of nitrogens with two attached hydrogens (primary N) is 1. The van der Waals surface area contributed by atoms with Gasteiger partial charge in [-0.25, -0.2) is 4.98 Å². The van der Waals surface area contributed by atoms with Crippen LogP contribution in [-0.2, 0) is 9.59 Å². The van der Waals surface area contributed by atoms with E-state index in [9.17, 15) is 9.59 Å². The molecule has 0 aliphatic heterocycles. The molecule has 0 aliphatic carbocycles. The third kappa shape index (κ3) is 5.80. The number of nitrogens with zero attached hydrogens (tertiary/aromatic N) is 2. The number of rotatable bonds is 6. The summed E-state index contributed by atoms with van der Waals surface area (Å²) in [6.45, 7) is 3.94. The number of anilines is 1. The maximum atomic E-state index is 11.8. The highest BCUT2D eigenvalue weighted by Gasteiger charge is 2.16. The first-order valence-corrected chi connectivity index (χ1v) is 6.61. The fourth-order valence-corrected chi connectivity index (χ4v) is 1.67. The summed E-state index contributed by atoms with van der Waals surface area (Å²) < 4.78 is 0.836. The van der Waals surface area contributed by atoms with Crippen molar-refractivity contribution in [3.63, 3.8) is 0 Å². The van der Waals surface area contributed by atoms with Gasteiger partial charge < -0.3 is 11.1 Å². The number of aromatic nitrogens is 1. The molecule has 7 heteroatoms. The minimum Gasteiger partial charge on any atom is -0.369 e. The molecule has 0 aromatic carbocycles. The zero-order valence-corrected chi connectivity index (χ0v) is 12.5. The van der Waals surface area contributed by atoms with Crippen molar-refractivity contribution in [1.82, 2.24) is 9.88 Å². The van der Waals surface area contributed by atoms with Gasteiger partial charge in [0.15, 0.2) is 0 Å². The van der Waals surface area contributed by atoms with Crippen LogP contribution in [-0.4, -0.2) is 40.8 Å². The lowest BCUT2D eigenvalue weighted by Gasteiger charge is -2.23. The van der Waals surface area contributed by atoms with Crippen LogP contribution in [0.15, 0.2) is 22.8 Å². The summed E-state index contributed by atoms with van der Waals surface area (Å²) in [5.74, 6) is -0.218. The van der Waals surface area contributed by atoms with Crippen molar-refractivity contribution >= 4 is 33.6 Å². The fourth-order valence-electron chi connectivity index (χ4n) is 1.44. The Bertz CT molecular complexity index is 448. The molecule has 104 valence electrons. The number of hydrogen-bond donors (Lipinski definition) is 2. The predicted octanol–water partition coefficient (Wildman–Crippen LogP) is 0.978. The van der Waals surface area contributed by atoms with Crippen LogP contribution in [0.1, 0.15) is 13.8 Å². The minimum absolute atomic E-state index is 0.0520. The zero-order valence-electron chi connectivity index (χ0n) is 10.9. The van der Waals surface area contributed by atoms with E-state index in [0.29, 0.717) is 5.82 Å². The Morgan fingerprint density at radius 3 is 2.58 bits per heavy atom. The van der Waals surface area contributed by atoms with Crippen LogP contribution in [0, 0.1) is 0 Å². The Labute approximate surface area is 120 Å². The third-order valence-corrected chi connectivity index (χ3v) is 2.90. The zero-order chi connectivity index (χ0) is 14.4. The van der Waals surface area contributed by atoms with E-state index < -0.39 is 5.91 Å². The van der Waals surface area contributed by atoms with Crippen molar-refractivity contribution in [2.75, 3.05) is 18.4 Å². The standard InChI is InChI=1S/C12H17BrN4O2/c1-8(2)17(6-10(14)18)7-12(19)16-11-4-3-9(13)5-15-11/h3-5,8H,6-7H2,1-2H3,(H2,14,18)(H,15,16,19). The number of amides is 2. The highest BCUT2D eigenvalue weighted by atomic mass is 79.9. The van der Waals surface area contributed by atoms with Gasteiger partial charge in [-0.15, -0.1) is 0 Å². The van der Waals surface area contributed by atoms with Crippen molar-refractivity contribution in [3.8, 4) is 0 Å². The molecular weight excluding hydrogens is 312 g/mol. The van der Waals surface area contributed by atoms with Gasteiger partial charge in [-0.2, -0.15) is 0 Å². The van der Waals surface area contributed by atoms with Crippen LogP contribution in [0.25, 0.3) is 0 Å². The molecular formula is C12H17BrN4O2. The Morgan fingerprint density at radius 2 is 2.11 bits per heavy atom. The molecule has 0 saturated heterocycles. The number of primary amides is 1. The highest BCUT2D eigenvalue weighted by molar-refractivity contribution is 9.10. The van der Waals surface area contributed by atoms with Gasteiger partial charge in [0.25, 0.3) is 0 Å². The lowest BCUT2D eigenvalue weighted by atomic mass is 10.3. The maximum absolute atomic E-state index is 11.8. The summed E-state index contributed by atoms with van der Waals surface area (Å²) in [6, 6.07) is 3.53. The average Bonchev–Trinajstić information content (AvgIpc) is 2.30. The number of nitrogens with one attached hydrogen (secondary N) is 1. The van der Waals surface area contributed by atoms with Crippen LogP contribution < -0.4 is 11.1 Å². The number of carbonyl (C=O) groups excluding carboxylic acids is 2. The molecule has 1 heterocycles. The second kappa shape index (κ2) is 7.20. The van der Waals surface area contributed by atoms with E-state index in [1.54, 1.807) is 23.2 Å². The van der Waals surface area contributed by atoms with E-state index in [1.165, 1.54) is 0 Å². The fraction of sp³-hybridized carbons (Fsp3) is 0.417. The smallest absolute Gasteiger partial charge is 0.239 e. The van der Waals surface area contributed by atoms with Crippen LogP contribution in [0.3, 0.4) is 0 Å². The van der Waals surface area contributed by atoms with Crippen molar-refractivity contribution in [1.29, 1.82) is 0 Å². The highest BCUT2D eigenvalue weighted by Crippen LogP contribution is 2.10. The van der Waals surface area contributed by atoms with E-state index in [0.717, 1.165) is 4.47 Å². The molecule has 0 bridgehead atoms. The molecule has 0 aliphatic rings. The first-order chi connectivity index (χ1) is 8.88. The van der Waals surface area contributed by atoms with Gasteiger partial charge in [-0.05, 0) is 41.9 Å². The quantitative estimate of drug-likeness (QED) is 0.814. The van der Waals surface area contributed by atoms with Crippen molar-refractivity contribution < 1.29 is 9.59 Å². The molecule has 1 aromatic rings. The molecule has 3 N–H and O–H groups in total. The number of pyridine rings is 1. The van der Waals surface area contributed by atoms with Gasteiger partial charge in [0.2, 0.25) is 11.8 Å². The van der Waals surface area contributed by atoms with E-state index in [1.807, 2.05) is 13.8 Å². The monoisotopic (exact) mass is 328 g/mol. The molecule has 0 unspecified atom stereocenters. The Balaban J connectivity index is 2.57. The maximum Gasteiger partial charge on any atom is 0.239 e. The molecule has 6 nitrogen and oxygen atoms in total. The summed E-state index contributed by atoms with van der Waals surface area (Å²) in [4.78, 5) is 28.5. The molecule has 2 amide bonds. The van der Waals surface area contributed by atoms with Crippen molar-refractivity contribution in [2.24, 2.45) is 5.73 Å². The molecule has 19 heavy (non-hydrogen) atoms. The van der Waals surface area contributed by atoms with E-state index in [2.05, 4.69) is 26.2 Å². The first-order valence-electron chi connectivity index (χ1n) is 5.82. The average molecular weight is 329 g/mol. The van der Waals surface area contributed by atoms with Crippen molar-refractivity contribution in [2.45, 2.75) is 19.9 Å². The summed E-state index contributed by atoms with van der Waals surface area (Å²) in [7, 11) is 0. The summed E-state index contributed by atoms with van der Waals surface area (Å²) in [5.41, 5.74) is 5.15. The molecule has 0 fully saturated rings. The summed E-state index contributed by atoms with van der Waals surface area (Å²) in [5, 5.41) is 2.66. The summed E-state index contributed by atoms with van der Waals surface area (Å²) in [6.07, 6.45) is 1.60. The lowest BCUT2D eigenvalue weighted by Crippen LogP contribution is -2.43. The second-order valence-corrected chi connectivity index (χ2v) is 5.29. The van der Waals surface area contributed by atoms with Crippen LogP contribution in [0.2, 0.25) is 0 Å². The number of hydrogen-bond acceptors (Lipinski definition) is 4. The topological polar surface area (TPSA) is 88.3 Å². The lowest BCUT2D eigenvalue weighted by molar-refractivity contribution is -0.121. The van der Waals surface area contributed by atoms with E-state index in [4.69, 9.17) is 5.73 Å². The summed E-state index contributed by atoms with van der Waals surface area (Å²) >= 11 is 3.26. The first kappa shape index (κ1) is 15.6. The van der Waals surface area contributed by atoms with Gasteiger partial charge in [-0.3, -0.25) is 14.5 Å². The van der Waals surface area contributed by atoms with Gasteiger partial charge in [0, 0.05) is 16.7 Å². The minimum atomic E-state index is -0.455. The van der Waals surface area contributed by atoms with Crippen LogP contribution in [0.4, 0.5) is 5.82 Å². The normalized spacial score (nSPS) is 10.8. The number of halogens is 1. The van der Waals surface area contributed by atoms with Gasteiger partial charge in [0.05, 0.1) is 13.1 Å². The third-order valence-electron chi connectivity index (χ3n) is 2.43. The number of carbonyl (C=O) groups is 2. The molecule has 0 radical (unpaired) electrons.